The molecule has 0 saturated heterocycles. The van der Waals surface area contributed by atoms with E-state index in [0.717, 1.165) is 11.1 Å². The summed E-state index contributed by atoms with van der Waals surface area (Å²) < 4.78 is 16.3. The van der Waals surface area contributed by atoms with E-state index in [-0.39, 0.29) is 5.89 Å². The molecule has 1 heterocycles. The number of hydrogen-bond donors (Lipinski definition) is 0. The molecule has 0 fully saturated rings. The number of hydrogen-bond acceptors (Lipinski definition) is 6. The van der Waals surface area contributed by atoms with Crippen LogP contribution in [0.25, 0.3) is 11.5 Å². The quantitative estimate of drug-likeness (QED) is 0.655. The zero-order valence-electron chi connectivity index (χ0n) is 14.2. The Morgan fingerprint density at radius 2 is 1.88 bits per heavy atom. The topological polar surface area (TPSA) is 74.5 Å². The summed E-state index contributed by atoms with van der Waals surface area (Å²) in [7, 11) is 1.56. The van der Waals surface area contributed by atoms with Crippen molar-refractivity contribution in [2.45, 2.75) is 20.0 Å². The average molecular weight is 338 g/mol. The third-order valence-corrected chi connectivity index (χ3v) is 3.74. The number of methoxy groups -OCH3 is 1. The predicted octanol–water partition coefficient (Wildman–Crippen LogP) is 3.97. The van der Waals surface area contributed by atoms with Crippen molar-refractivity contribution in [3.8, 4) is 17.2 Å². The zero-order chi connectivity index (χ0) is 17.8. The van der Waals surface area contributed by atoms with Crippen LogP contribution in [0.2, 0.25) is 0 Å². The number of benzene rings is 2. The van der Waals surface area contributed by atoms with Gasteiger partial charge in [0.05, 0.1) is 12.7 Å². The van der Waals surface area contributed by atoms with Crippen molar-refractivity contribution >= 4 is 5.97 Å². The number of esters is 1. The van der Waals surface area contributed by atoms with Crippen molar-refractivity contribution in [1.29, 1.82) is 0 Å². The number of ether oxygens (including phenoxy) is 2. The standard InChI is InChI=1S/C19H18N2O4/c1-12-9-10-15(11-16(12)23-3)19(22)24-13(2)17-20-21-18(25-17)14-7-5-4-6-8-14/h4-11,13H,1-3H3. The summed E-state index contributed by atoms with van der Waals surface area (Å²) in [6, 6.07) is 14.5. The Labute approximate surface area is 145 Å². The van der Waals surface area contributed by atoms with Gasteiger partial charge in [-0.3, -0.25) is 0 Å². The highest BCUT2D eigenvalue weighted by atomic mass is 16.6. The van der Waals surface area contributed by atoms with Crippen LogP contribution in [0.15, 0.2) is 52.9 Å². The Morgan fingerprint density at radius 3 is 2.60 bits per heavy atom. The molecule has 0 aliphatic rings. The fourth-order valence-corrected chi connectivity index (χ4v) is 2.32. The van der Waals surface area contributed by atoms with E-state index in [0.29, 0.717) is 17.2 Å². The van der Waals surface area contributed by atoms with Crippen LogP contribution in [0.1, 0.15) is 34.8 Å². The second-order valence-electron chi connectivity index (χ2n) is 5.54. The zero-order valence-corrected chi connectivity index (χ0v) is 14.2. The van der Waals surface area contributed by atoms with Gasteiger partial charge in [0.25, 0.3) is 5.89 Å². The summed E-state index contributed by atoms with van der Waals surface area (Å²) in [6.07, 6.45) is -0.662. The van der Waals surface area contributed by atoms with Crippen LogP contribution >= 0.6 is 0 Å². The lowest BCUT2D eigenvalue weighted by molar-refractivity contribution is 0.0279. The minimum Gasteiger partial charge on any atom is -0.496 e. The van der Waals surface area contributed by atoms with Crippen molar-refractivity contribution < 1.29 is 18.7 Å². The van der Waals surface area contributed by atoms with Gasteiger partial charge in [0, 0.05) is 5.56 Å². The minimum absolute atomic E-state index is 0.242. The maximum atomic E-state index is 12.3. The molecule has 0 radical (unpaired) electrons. The number of carbonyl (C=O) groups excluding carboxylic acids is 1. The van der Waals surface area contributed by atoms with E-state index in [9.17, 15) is 4.79 Å². The van der Waals surface area contributed by atoms with E-state index in [1.54, 1.807) is 32.2 Å². The van der Waals surface area contributed by atoms with E-state index in [1.165, 1.54) is 0 Å². The van der Waals surface area contributed by atoms with Gasteiger partial charge in [-0.25, -0.2) is 4.79 Å². The maximum Gasteiger partial charge on any atom is 0.339 e. The molecule has 6 nitrogen and oxygen atoms in total. The summed E-state index contributed by atoms with van der Waals surface area (Å²) in [5, 5.41) is 7.97. The van der Waals surface area contributed by atoms with Crippen LogP contribution in [0, 0.1) is 6.92 Å². The molecule has 2 aromatic carbocycles. The van der Waals surface area contributed by atoms with Gasteiger partial charge in [-0.05, 0) is 43.7 Å². The summed E-state index contributed by atoms with van der Waals surface area (Å²) in [5.41, 5.74) is 2.15. The fourth-order valence-electron chi connectivity index (χ4n) is 2.32. The smallest absolute Gasteiger partial charge is 0.339 e. The summed E-state index contributed by atoms with van der Waals surface area (Å²) >= 11 is 0. The van der Waals surface area contributed by atoms with Gasteiger partial charge >= 0.3 is 5.97 Å². The van der Waals surface area contributed by atoms with E-state index in [1.807, 2.05) is 37.3 Å². The molecule has 25 heavy (non-hydrogen) atoms. The van der Waals surface area contributed by atoms with Gasteiger partial charge in [0.2, 0.25) is 5.89 Å². The summed E-state index contributed by atoms with van der Waals surface area (Å²) in [6.45, 7) is 3.59. The van der Waals surface area contributed by atoms with Gasteiger partial charge in [-0.1, -0.05) is 24.3 Å². The van der Waals surface area contributed by atoms with Crippen molar-refractivity contribution in [3.05, 3.63) is 65.5 Å². The highest BCUT2D eigenvalue weighted by molar-refractivity contribution is 5.90. The molecular weight excluding hydrogens is 320 g/mol. The van der Waals surface area contributed by atoms with Crippen LogP contribution in [0.3, 0.4) is 0 Å². The molecule has 0 aliphatic carbocycles. The number of carbonyl (C=O) groups is 1. The average Bonchev–Trinajstić information content (AvgIpc) is 3.13. The number of nitrogens with zero attached hydrogens (tertiary/aromatic N) is 2. The Kier molecular flexibility index (Phi) is 4.79. The molecule has 0 N–H and O–H groups in total. The Balaban J connectivity index is 1.73. The van der Waals surface area contributed by atoms with Gasteiger partial charge < -0.3 is 13.9 Å². The third-order valence-electron chi connectivity index (χ3n) is 3.74. The molecule has 0 amide bonds. The second kappa shape index (κ2) is 7.17. The fraction of sp³-hybridized carbons (Fsp3) is 0.211. The first-order valence-electron chi connectivity index (χ1n) is 7.83. The highest BCUT2D eigenvalue weighted by Gasteiger charge is 2.20. The monoisotopic (exact) mass is 338 g/mol. The molecule has 0 aliphatic heterocycles. The van der Waals surface area contributed by atoms with Crippen LogP contribution in [-0.2, 0) is 4.74 Å². The Bertz CT molecular complexity index is 874. The highest BCUT2D eigenvalue weighted by Crippen LogP contribution is 2.24. The maximum absolute atomic E-state index is 12.3. The van der Waals surface area contributed by atoms with E-state index < -0.39 is 12.1 Å². The first kappa shape index (κ1) is 16.7. The van der Waals surface area contributed by atoms with Gasteiger partial charge in [0.15, 0.2) is 6.10 Å². The molecule has 0 saturated carbocycles. The Hall–Kier alpha value is -3.15. The molecule has 1 aromatic heterocycles. The van der Waals surface area contributed by atoms with Gasteiger partial charge in [-0.15, -0.1) is 10.2 Å². The number of aromatic nitrogens is 2. The molecule has 6 heteroatoms. The predicted molar refractivity (Wildman–Crippen MR) is 91.3 cm³/mol. The largest absolute Gasteiger partial charge is 0.496 e. The third kappa shape index (κ3) is 3.68. The SMILES string of the molecule is COc1cc(C(=O)OC(C)c2nnc(-c3ccccc3)o2)ccc1C. The van der Waals surface area contributed by atoms with Crippen LogP contribution in [0.4, 0.5) is 0 Å². The Morgan fingerprint density at radius 1 is 1.12 bits per heavy atom. The molecule has 0 bridgehead atoms. The first-order chi connectivity index (χ1) is 12.1. The van der Waals surface area contributed by atoms with Crippen LogP contribution < -0.4 is 4.74 Å². The van der Waals surface area contributed by atoms with Crippen molar-refractivity contribution in [3.63, 3.8) is 0 Å². The van der Waals surface area contributed by atoms with Crippen LogP contribution in [0.5, 0.6) is 5.75 Å². The lowest BCUT2D eigenvalue weighted by atomic mass is 10.1. The number of rotatable bonds is 5. The molecule has 1 unspecified atom stereocenters. The molecular formula is C19H18N2O4. The lowest BCUT2D eigenvalue weighted by Gasteiger charge is -2.11. The van der Waals surface area contributed by atoms with Gasteiger partial charge in [0.1, 0.15) is 5.75 Å². The molecule has 1 atom stereocenters. The van der Waals surface area contributed by atoms with Crippen molar-refractivity contribution in [2.24, 2.45) is 0 Å². The normalized spacial score (nSPS) is 11.8. The van der Waals surface area contributed by atoms with E-state index in [2.05, 4.69) is 10.2 Å². The first-order valence-corrected chi connectivity index (χ1v) is 7.83. The van der Waals surface area contributed by atoms with Gasteiger partial charge in [-0.2, -0.15) is 0 Å². The van der Waals surface area contributed by atoms with E-state index >= 15 is 0 Å². The summed E-state index contributed by atoms with van der Waals surface area (Å²) in [5.74, 6) is 0.776. The number of aryl methyl sites for hydroxylation is 1. The second-order valence-corrected chi connectivity index (χ2v) is 5.54. The molecule has 3 rings (SSSR count). The minimum atomic E-state index is -0.662. The van der Waals surface area contributed by atoms with Crippen molar-refractivity contribution in [1.82, 2.24) is 10.2 Å². The summed E-state index contributed by atoms with van der Waals surface area (Å²) in [4.78, 5) is 12.3. The molecule has 0 spiro atoms. The molecule has 128 valence electrons. The molecule has 3 aromatic rings. The lowest BCUT2D eigenvalue weighted by Crippen LogP contribution is -2.10. The van der Waals surface area contributed by atoms with Crippen LogP contribution in [-0.4, -0.2) is 23.3 Å². The van der Waals surface area contributed by atoms with E-state index in [4.69, 9.17) is 13.9 Å². The van der Waals surface area contributed by atoms with Crippen molar-refractivity contribution in [2.75, 3.05) is 7.11 Å².